The zero-order valence-electron chi connectivity index (χ0n) is 51.6. The number of hydrogen-bond acceptors (Lipinski definition) is 8. The maximum atomic E-state index is 6.12. The van der Waals surface area contributed by atoms with E-state index >= 15 is 0 Å². The van der Waals surface area contributed by atoms with Crippen LogP contribution in [0.2, 0.25) is 0 Å². The maximum Gasteiger partial charge on any atom is 0.160 e. The molecular weight excluding hydrogens is 1210 g/mol. The molecule has 0 N–H and O–H groups in total. The zero-order valence-corrected chi connectivity index (χ0v) is 53.2. The number of aromatic nitrogens is 6. The van der Waals surface area contributed by atoms with Crippen LogP contribution in [0, 0.1) is 0 Å². The van der Waals surface area contributed by atoms with Gasteiger partial charge in [-0.2, -0.15) is 0 Å². The molecule has 19 rings (SSSR count). The van der Waals surface area contributed by atoms with Gasteiger partial charge in [0.15, 0.2) is 11.6 Å². The van der Waals surface area contributed by atoms with Crippen molar-refractivity contribution < 1.29 is 0 Å². The number of fused-ring (bicyclic) bond motifs is 10. The molecule has 17 aromatic rings. The Morgan fingerprint density at radius 1 is 0.219 bits per heavy atom. The normalized spacial score (nSPS) is 12.5. The Hall–Kier alpha value is -12.1. The average Bonchev–Trinajstić information content (AvgIpc) is 1.10. The van der Waals surface area contributed by atoms with E-state index in [1.165, 1.54) is 0 Å². The van der Waals surface area contributed by atoms with Gasteiger partial charge < -0.3 is 18.9 Å². The molecule has 6 heterocycles. The highest BCUT2D eigenvalue weighted by Gasteiger charge is 2.42. The lowest BCUT2D eigenvalue weighted by molar-refractivity contribution is 1.07. The second-order valence-corrected chi connectivity index (χ2v) is 26.2. The van der Waals surface area contributed by atoms with Crippen LogP contribution in [0.4, 0.5) is 34.1 Å². The van der Waals surface area contributed by atoms with E-state index in [-0.39, 0.29) is 0 Å². The van der Waals surface area contributed by atoms with E-state index in [1.54, 1.807) is 23.5 Å². The predicted molar refractivity (Wildman–Crippen MR) is 397 cm³/mol. The van der Waals surface area contributed by atoms with Crippen LogP contribution in [0.1, 0.15) is 0 Å². The summed E-state index contributed by atoms with van der Waals surface area (Å²) in [5.41, 5.74) is 20.0. The second kappa shape index (κ2) is 22.9. The highest BCUT2D eigenvalue weighted by Crippen LogP contribution is 2.64. The molecule has 0 atom stereocenters. The third kappa shape index (κ3) is 9.02. The third-order valence-corrected chi connectivity index (χ3v) is 20.7. The Morgan fingerprint density at radius 3 is 0.781 bits per heavy atom. The van der Waals surface area contributed by atoms with Gasteiger partial charge in [0, 0.05) is 63.4 Å². The molecule has 0 bridgehead atoms. The minimum absolute atomic E-state index is 0.589. The van der Waals surface area contributed by atoms with E-state index in [4.69, 9.17) is 19.9 Å². The standard InChI is InChI=1S/C86H54N8S2/c1-5-29-55(30-6-1)63-53-65(89-85(87-63)57-33-9-3-10-34-57)79-81(91-67-41-17-13-37-59(67)60-38-14-18-42-68(60)91)84(94-73-47-23-27-51-77(73)96-78-52-28-24-48-74(78)94)80(66-54-64(56-31-7-2-8-32-56)88-86(90-66)58-35-11-4-12-36-58)82(92-69-43-19-15-39-61(69)62-40-16-20-44-70(62)92)83(79)93-71-45-21-25-49-75(71)95-76-50-26-22-46-72(76)93/h1-54H. The van der Waals surface area contributed by atoms with Crippen LogP contribution in [-0.4, -0.2) is 29.1 Å². The van der Waals surface area contributed by atoms with Gasteiger partial charge in [0.05, 0.1) is 101 Å². The molecule has 2 aliphatic rings. The molecule has 4 aromatic heterocycles. The molecule has 0 fully saturated rings. The molecule has 13 aromatic carbocycles. The van der Waals surface area contributed by atoms with Crippen LogP contribution in [0.3, 0.4) is 0 Å². The third-order valence-electron chi connectivity index (χ3n) is 18.5. The predicted octanol–water partition coefficient (Wildman–Crippen LogP) is 23.3. The number of nitrogens with zero attached hydrogens (tertiary/aromatic N) is 8. The Labute approximate surface area is 562 Å². The topological polar surface area (TPSA) is 67.9 Å². The van der Waals surface area contributed by atoms with Gasteiger partial charge in [0.25, 0.3) is 0 Å². The molecule has 96 heavy (non-hydrogen) atoms. The fraction of sp³-hybridized carbons (Fsp3) is 0. The van der Waals surface area contributed by atoms with E-state index < -0.39 is 0 Å². The molecule has 0 saturated carbocycles. The number of rotatable bonds is 10. The van der Waals surface area contributed by atoms with Crippen LogP contribution in [-0.2, 0) is 0 Å². The fourth-order valence-corrected chi connectivity index (χ4v) is 16.5. The van der Waals surface area contributed by atoms with E-state index in [1.807, 2.05) is 0 Å². The highest BCUT2D eigenvalue weighted by molar-refractivity contribution is 8.00. The zero-order chi connectivity index (χ0) is 63.2. The van der Waals surface area contributed by atoms with E-state index in [0.717, 1.165) is 153 Å². The van der Waals surface area contributed by atoms with Crippen LogP contribution in [0.25, 0.3) is 123 Å². The molecule has 0 unspecified atom stereocenters. The Bertz CT molecular complexity index is 5250. The van der Waals surface area contributed by atoms with Crippen LogP contribution >= 0.6 is 23.5 Å². The molecule has 0 spiro atoms. The monoisotopic (exact) mass is 1260 g/mol. The van der Waals surface area contributed by atoms with Gasteiger partial charge in [-0.1, -0.05) is 266 Å². The fourth-order valence-electron chi connectivity index (χ4n) is 14.4. The minimum Gasteiger partial charge on any atom is -0.306 e. The first kappa shape index (κ1) is 55.5. The molecule has 10 heteroatoms. The summed E-state index contributed by atoms with van der Waals surface area (Å²) >= 11 is 3.59. The van der Waals surface area contributed by atoms with Crippen molar-refractivity contribution in [3.8, 4) is 79.2 Å². The molecule has 0 saturated heterocycles. The lowest BCUT2D eigenvalue weighted by Gasteiger charge is -2.41. The van der Waals surface area contributed by atoms with E-state index in [2.05, 4.69) is 347 Å². The molecule has 0 aliphatic carbocycles. The van der Waals surface area contributed by atoms with E-state index in [0.29, 0.717) is 23.0 Å². The summed E-state index contributed by atoms with van der Waals surface area (Å²) in [5.74, 6) is 1.18. The summed E-state index contributed by atoms with van der Waals surface area (Å²) < 4.78 is 5.09. The summed E-state index contributed by atoms with van der Waals surface area (Å²) in [6, 6.07) is 118. The summed E-state index contributed by atoms with van der Waals surface area (Å²) in [6.07, 6.45) is 0. The highest BCUT2D eigenvalue weighted by atomic mass is 32.2. The van der Waals surface area contributed by atoms with Crippen molar-refractivity contribution in [3.63, 3.8) is 0 Å². The van der Waals surface area contributed by atoms with Crippen LogP contribution < -0.4 is 9.80 Å². The SMILES string of the molecule is c1ccc(-c2cc(-c3c(N4c5ccccc5Sc5ccccc54)c(-n4c5ccccc5c5ccccc54)c(-c4cc(-c5ccccc5)nc(-c5ccccc5)n4)c(N4c5ccccc5Sc5ccccc54)c3-n3c4ccccc4c4ccccc43)nc(-c3ccccc3)n2)cc1. The van der Waals surface area contributed by atoms with Crippen LogP contribution in [0.15, 0.2) is 347 Å². The number of hydrogen-bond donors (Lipinski definition) is 0. The first-order valence-electron chi connectivity index (χ1n) is 32.2. The van der Waals surface area contributed by atoms with Gasteiger partial charge in [-0.25, -0.2) is 19.9 Å². The van der Waals surface area contributed by atoms with Gasteiger partial charge in [-0.3, -0.25) is 0 Å². The largest absolute Gasteiger partial charge is 0.306 e. The van der Waals surface area contributed by atoms with Crippen molar-refractivity contribution in [2.45, 2.75) is 19.6 Å². The van der Waals surface area contributed by atoms with Crippen molar-refractivity contribution in [2.75, 3.05) is 9.80 Å². The molecular formula is C86H54N8S2. The summed E-state index contributed by atoms with van der Waals surface area (Å²) in [6.45, 7) is 0. The van der Waals surface area contributed by atoms with Gasteiger partial charge >= 0.3 is 0 Å². The lowest BCUT2D eigenvalue weighted by Crippen LogP contribution is -2.24. The maximum absolute atomic E-state index is 6.12. The molecule has 0 radical (unpaired) electrons. The first-order chi connectivity index (χ1) is 47.7. The van der Waals surface area contributed by atoms with Gasteiger partial charge in [0.2, 0.25) is 0 Å². The molecule has 0 amide bonds. The summed E-state index contributed by atoms with van der Waals surface area (Å²) in [5, 5.41) is 4.43. The van der Waals surface area contributed by atoms with Crippen molar-refractivity contribution in [3.05, 3.63) is 328 Å². The van der Waals surface area contributed by atoms with Gasteiger partial charge in [-0.05, 0) is 84.9 Å². The minimum atomic E-state index is 0.589. The number of para-hydroxylation sites is 8. The summed E-state index contributed by atoms with van der Waals surface area (Å²) in [4.78, 5) is 33.0. The average molecular weight is 1260 g/mol. The summed E-state index contributed by atoms with van der Waals surface area (Å²) in [7, 11) is 0. The van der Waals surface area contributed by atoms with Crippen molar-refractivity contribution in [1.82, 2.24) is 29.1 Å². The smallest absolute Gasteiger partial charge is 0.160 e. The Balaban J connectivity index is 1.17. The molecule has 8 nitrogen and oxygen atoms in total. The number of anilines is 6. The first-order valence-corrected chi connectivity index (χ1v) is 33.8. The van der Waals surface area contributed by atoms with Crippen LogP contribution in [0.5, 0.6) is 0 Å². The van der Waals surface area contributed by atoms with Crippen molar-refractivity contribution in [1.29, 1.82) is 0 Å². The molecule has 2 aliphatic heterocycles. The van der Waals surface area contributed by atoms with Crippen molar-refractivity contribution >= 4 is 101 Å². The molecule has 450 valence electrons. The quantitative estimate of drug-likeness (QED) is 0.134. The van der Waals surface area contributed by atoms with Gasteiger partial charge in [-0.15, -0.1) is 0 Å². The second-order valence-electron chi connectivity index (χ2n) is 24.0. The van der Waals surface area contributed by atoms with E-state index in [9.17, 15) is 0 Å². The van der Waals surface area contributed by atoms with Gasteiger partial charge in [0.1, 0.15) is 0 Å². The van der Waals surface area contributed by atoms with Crippen molar-refractivity contribution in [2.24, 2.45) is 0 Å². The number of benzene rings is 13. The Kier molecular flexibility index (Phi) is 13.2. The Morgan fingerprint density at radius 2 is 0.469 bits per heavy atom. The lowest BCUT2D eigenvalue weighted by atomic mass is 9.90.